The summed E-state index contributed by atoms with van der Waals surface area (Å²) >= 11 is 0. The van der Waals surface area contributed by atoms with Crippen LogP contribution in [0.1, 0.15) is 5.56 Å². The van der Waals surface area contributed by atoms with Crippen LogP contribution in [0.15, 0.2) is 36.7 Å². The van der Waals surface area contributed by atoms with Crippen molar-refractivity contribution in [1.29, 1.82) is 0 Å². The minimum absolute atomic E-state index is 0.441. The van der Waals surface area contributed by atoms with E-state index in [4.69, 9.17) is 0 Å². The number of hydrogen-bond donors (Lipinski definition) is 1. The van der Waals surface area contributed by atoms with E-state index in [0.29, 0.717) is 12.5 Å². The van der Waals surface area contributed by atoms with E-state index in [0.717, 1.165) is 0 Å². The van der Waals surface area contributed by atoms with Crippen LogP contribution in [-0.2, 0) is 6.54 Å². The lowest BCUT2D eigenvalue weighted by molar-refractivity contribution is 0.847. The van der Waals surface area contributed by atoms with Gasteiger partial charge in [0.1, 0.15) is 0 Å². The number of aromatic nitrogens is 4. The molecule has 0 aliphatic rings. The Bertz CT molecular complexity index is 335. The van der Waals surface area contributed by atoms with Gasteiger partial charge < -0.3 is 5.32 Å². The second-order valence-electron chi connectivity index (χ2n) is 2.71. The smallest absolute Gasteiger partial charge is 0.262 e. The maximum absolute atomic E-state index is 3.76. The van der Waals surface area contributed by atoms with E-state index in [1.807, 2.05) is 30.3 Å². The molecule has 1 aromatic carbocycles. The summed E-state index contributed by atoms with van der Waals surface area (Å²) in [4.78, 5) is 0. The average Bonchev–Trinajstić information content (AvgIpc) is 2.29. The third-order valence-corrected chi connectivity index (χ3v) is 1.70. The zero-order valence-corrected chi connectivity index (χ0v) is 7.46. The van der Waals surface area contributed by atoms with Gasteiger partial charge in [-0.2, -0.15) is 0 Å². The van der Waals surface area contributed by atoms with Gasteiger partial charge in [-0.1, -0.05) is 30.3 Å². The van der Waals surface area contributed by atoms with Crippen LogP contribution >= 0.6 is 0 Å². The molecule has 1 aromatic heterocycles. The fraction of sp³-hybridized carbons (Fsp3) is 0.111. The van der Waals surface area contributed by atoms with Gasteiger partial charge in [-0.25, -0.2) is 0 Å². The summed E-state index contributed by atoms with van der Waals surface area (Å²) in [6, 6.07) is 10.00. The molecule has 14 heavy (non-hydrogen) atoms. The number of hydrogen-bond acceptors (Lipinski definition) is 5. The molecule has 0 unspecified atom stereocenters. The molecule has 2 aromatic rings. The highest BCUT2D eigenvalue weighted by molar-refractivity contribution is 5.24. The Kier molecular flexibility index (Phi) is 2.61. The van der Waals surface area contributed by atoms with E-state index >= 15 is 0 Å². The first-order valence-electron chi connectivity index (χ1n) is 4.23. The molecule has 0 amide bonds. The average molecular weight is 187 g/mol. The van der Waals surface area contributed by atoms with E-state index in [1.54, 1.807) is 0 Å². The van der Waals surface area contributed by atoms with Crippen LogP contribution in [0.4, 0.5) is 5.95 Å². The fourth-order valence-electron chi connectivity index (χ4n) is 1.05. The molecule has 70 valence electrons. The molecule has 0 saturated carbocycles. The van der Waals surface area contributed by atoms with Gasteiger partial charge in [0.2, 0.25) is 0 Å². The summed E-state index contributed by atoms with van der Waals surface area (Å²) in [5.74, 6) is 0.441. The van der Waals surface area contributed by atoms with E-state index < -0.39 is 0 Å². The third-order valence-electron chi connectivity index (χ3n) is 1.70. The maximum atomic E-state index is 3.76. The highest BCUT2D eigenvalue weighted by Crippen LogP contribution is 2.00. The molecule has 1 N–H and O–H groups in total. The van der Waals surface area contributed by atoms with E-state index in [-0.39, 0.29) is 0 Å². The quantitative estimate of drug-likeness (QED) is 0.772. The second-order valence-corrected chi connectivity index (χ2v) is 2.71. The van der Waals surface area contributed by atoms with Crippen molar-refractivity contribution in [3.63, 3.8) is 0 Å². The van der Waals surface area contributed by atoms with Gasteiger partial charge in [-0.05, 0) is 5.56 Å². The lowest BCUT2D eigenvalue weighted by Crippen LogP contribution is -2.04. The highest BCUT2D eigenvalue weighted by Gasteiger charge is 1.94. The Morgan fingerprint density at radius 1 is 1.00 bits per heavy atom. The maximum Gasteiger partial charge on any atom is 0.262 e. The van der Waals surface area contributed by atoms with E-state index in [2.05, 4.69) is 25.7 Å². The Morgan fingerprint density at radius 3 is 2.43 bits per heavy atom. The number of nitrogens with one attached hydrogen (secondary N) is 1. The molecule has 1 heterocycles. The van der Waals surface area contributed by atoms with Gasteiger partial charge >= 0.3 is 0 Å². The van der Waals surface area contributed by atoms with Crippen molar-refractivity contribution in [3.05, 3.63) is 42.2 Å². The minimum atomic E-state index is 0.441. The van der Waals surface area contributed by atoms with Crippen molar-refractivity contribution >= 4 is 5.95 Å². The lowest BCUT2D eigenvalue weighted by Gasteiger charge is -2.01. The fourth-order valence-corrected chi connectivity index (χ4v) is 1.05. The first kappa shape index (κ1) is 8.55. The number of benzene rings is 1. The number of nitrogens with zero attached hydrogens (tertiary/aromatic N) is 4. The van der Waals surface area contributed by atoms with Crippen molar-refractivity contribution in [2.45, 2.75) is 6.54 Å². The first-order chi connectivity index (χ1) is 6.95. The minimum Gasteiger partial charge on any atom is -0.348 e. The molecule has 0 bridgehead atoms. The predicted octanol–water partition coefficient (Wildman–Crippen LogP) is 0.879. The summed E-state index contributed by atoms with van der Waals surface area (Å²) < 4.78 is 0. The topological polar surface area (TPSA) is 63.6 Å². The van der Waals surface area contributed by atoms with Crippen LogP contribution in [0.2, 0.25) is 0 Å². The van der Waals surface area contributed by atoms with Crippen LogP contribution in [0.25, 0.3) is 0 Å². The van der Waals surface area contributed by atoms with Crippen LogP contribution in [-0.4, -0.2) is 20.4 Å². The zero-order chi connectivity index (χ0) is 9.64. The Morgan fingerprint density at radius 2 is 1.71 bits per heavy atom. The Hall–Kier alpha value is -2.04. The summed E-state index contributed by atoms with van der Waals surface area (Å²) in [5.41, 5.74) is 1.17. The molecule has 5 nitrogen and oxygen atoms in total. The lowest BCUT2D eigenvalue weighted by atomic mass is 10.2. The van der Waals surface area contributed by atoms with Crippen molar-refractivity contribution < 1.29 is 0 Å². The largest absolute Gasteiger partial charge is 0.348 e. The molecule has 2 rings (SSSR count). The SMILES string of the molecule is c1ccc(CNc2nncnn2)cc1. The van der Waals surface area contributed by atoms with Crippen molar-refractivity contribution in [3.8, 4) is 0 Å². The number of anilines is 1. The summed E-state index contributed by atoms with van der Waals surface area (Å²) in [5, 5.41) is 17.8. The summed E-state index contributed by atoms with van der Waals surface area (Å²) in [6.45, 7) is 0.675. The molecule has 0 aliphatic heterocycles. The van der Waals surface area contributed by atoms with Gasteiger partial charge in [-0.15, -0.1) is 20.4 Å². The molecule has 0 aliphatic carbocycles. The van der Waals surface area contributed by atoms with E-state index in [9.17, 15) is 0 Å². The summed E-state index contributed by atoms with van der Waals surface area (Å²) in [6.07, 6.45) is 1.30. The molecule has 5 heteroatoms. The van der Waals surface area contributed by atoms with Gasteiger partial charge in [0.25, 0.3) is 5.95 Å². The van der Waals surface area contributed by atoms with Gasteiger partial charge in [0, 0.05) is 6.54 Å². The van der Waals surface area contributed by atoms with Gasteiger partial charge in [0.15, 0.2) is 6.33 Å². The second kappa shape index (κ2) is 4.27. The van der Waals surface area contributed by atoms with Crippen molar-refractivity contribution in [2.24, 2.45) is 0 Å². The van der Waals surface area contributed by atoms with Crippen LogP contribution in [0, 0.1) is 0 Å². The highest BCUT2D eigenvalue weighted by atomic mass is 15.3. The Labute approximate surface area is 81.2 Å². The molecular formula is C9H9N5. The van der Waals surface area contributed by atoms with Gasteiger partial charge in [-0.3, -0.25) is 0 Å². The molecular weight excluding hydrogens is 178 g/mol. The molecule has 0 atom stereocenters. The first-order valence-corrected chi connectivity index (χ1v) is 4.23. The van der Waals surface area contributed by atoms with E-state index in [1.165, 1.54) is 11.9 Å². The molecule has 0 saturated heterocycles. The van der Waals surface area contributed by atoms with Crippen molar-refractivity contribution in [2.75, 3.05) is 5.32 Å². The zero-order valence-electron chi connectivity index (χ0n) is 7.46. The normalized spacial score (nSPS) is 9.71. The van der Waals surface area contributed by atoms with Gasteiger partial charge in [0.05, 0.1) is 0 Å². The summed E-state index contributed by atoms with van der Waals surface area (Å²) in [7, 11) is 0. The predicted molar refractivity (Wildman–Crippen MR) is 51.4 cm³/mol. The number of rotatable bonds is 3. The monoisotopic (exact) mass is 187 g/mol. The van der Waals surface area contributed by atoms with Crippen molar-refractivity contribution in [1.82, 2.24) is 20.4 Å². The van der Waals surface area contributed by atoms with Crippen LogP contribution < -0.4 is 5.32 Å². The Balaban J connectivity index is 1.96. The van der Waals surface area contributed by atoms with Crippen LogP contribution in [0.3, 0.4) is 0 Å². The molecule has 0 radical (unpaired) electrons. The van der Waals surface area contributed by atoms with Crippen LogP contribution in [0.5, 0.6) is 0 Å². The molecule has 0 fully saturated rings. The third kappa shape index (κ3) is 2.22. The standard InChI is InChI=1S/C9H9N5/c1-2-4-8(5-3-1)6-10-9-13-11-7-12-14-9/h1-5,7H,6H2,(H,10,13,14). The molecule has 0 spiro atoms.